The van der Waals surface area contributed by atoms with Gasteiger partial charge in [0, 0.05) is 38.3 Å². The van der Waals surface area contributed by atoms with Crippen LogP contribution in [-0.2, 0) is 0 Å². The average Bonchev–Trinajstić information content (AvgIpc) is 2.51. The van der Waals surface area contributed by atoms with Crippen molar-refractivity contribution in [3.63, 3.8) is 0 Å². The number of piperidine rings is 1. The van der Waals surface area contributed by atoms with Crippen molar-refractivity contribution < 1.29 is 4.39 Å². The molecule has 0 radical (unpaired) electrons. The predicted molar refractivity (Wildman–Crippen MR) is 86.7 cm³/mol. The lowest BCUT2D eigenvalue weighted by Gasteiger charge is -2.46. The van der Waals surface area contributed by atoms with Crippen molar-refractivity contribution in [2.75, 3.05) is 32.7 Å². The van der Waals surface area contributed by atoms with E-state index in [2.05, 4.69) is 25.7 Å². The van der Waals surface area contributed by atoms with Crippen LogP contribution < -0.4 is 5.73 Å². The SMILES string of the molecule is NCC(c1ccc(Br)c(F)c1)N1CCN2CCCCC2C1. The van der Waals surface area contributed by atoms with Gasteiger partial charge in [-0.15, -0.1) is 0 Å². The molecule has 2 heterocycles. The van der Waals surface area contributed by atoms with Gasteiger partial charge in [-0.2, -0.15) is 0 Å². The zero-order chi connectivity index (χ0) is 14.8. The Kier molecular flexibility index (Phi) is 4.94. The minimum absolute atomic E-state index is 0.122. The molecule has 1 aromatic carbocycles. The predicted octanol–water partition coefficient (Wildman–Crippen LogP) is 2.76. The van der Waals surface area contributed by atoms with E-state index in [0.29, 0.717) is 17.1 Å². The van der Waals surface area contributed by atoms with E-state index in [4.69, 9.17) is 5.73 Å². The van der Waals surface area contributed by atoms with Crippen LogP contribution in [0.1, 0.15) is 30.9 Å². The second-order valence-electron chi connectivity index (χ2n) is 6.11. The number of nitrogens with two attached hydrogens (primary N) is 1. The van der Waals surface area contributed by atoms with Crippen molar-refractivity contribution in [1.29, 1.82) is 0 Å². The summed E-state index contributed by atoms with van der Waals surface area (Å²) in [6.07, 6.45) is 3.94. The summed E-state index contributed by atoms with van der Waals surface area (Å²) in [5.74, 6) is -0.206. The summed E-state index contributed by atoms with van der Waals surface area (Å²) in [4.78, 5) is 5.05. The normalized spacial score (nSPS) is 25.6. The fraction of sp³-hybridized carbons (Fsp3) is 0.625. The van der Waals surface area contributed by atoms with Gasteiger partial charge in [0.1, 0.15) is 5.82 Å². The summed E-state index contributed by atoms with van der Waals surface area (Å²) < 4.78 is 14.3. The Bertz CT molecular complexity index is 496. The minimum atomic E-state index is -0.206. The van der Waals surface area contributed by atoms with Crippen molar-refractivity contribution in [2.45, 2.75) is 31.3 Å². The van der Waals surface area contributed by atoms with Crippen LogP contribution in [0.3, 0.4) is 0 Å². The van der Waals surface area contributed by atoms with Gasteiger partial charge in [-0.1, -0.05) is 12.5 Å². The molecule has 0 amide bonds. The van der Waals surface area contributed by atoms with Gasteiger partial charge in [-0.25, -0.2) is 4.39 Å². The van der Waals surface area contributed by atoms with Crippen LogP contribution in [-0.4, -0.2) is 48.6 Å². The minimum Gasteiger partial charge on any atom is -0.329 e. The molecule has 2 N–H and O–H groups in total. The Balaban J connectivity index is 1.75. The van der Waals surface area contributed by atoms with Crippen molar-refractivity contribution in [1.82, 2.24) is 9.80 Å². The smallest absolute Gasteiger partial charge is 0.137 e. The largest absolute Gasteiger partial charge is 0.329 e. The zero-order valence-electron chi connectivity index (χ0n) is 12.3. The van der Waals surface area contributed by atoms with E-state index in [1.165, 1.54) is 25.8 Å². The Hall–Kier alpha value is -0.490. The average molecular weight is 356 g/mol. The summed E-state index contributed by atoms with van der Waals surface area (Å²) in [5, 5.41) is 0. The quantitative estimate of drug-likeness (QED) is 0.904. The molecule has 2 atom stereocenters. The topological polar surface area (TPSA) is 32.5 Å². The summed E-state index contributed by atoms with van der Waals surface area (Å²) in [5.41, 5.74) is 6.99. The van der Waals surface area contributed by atoms with Crippen LogP contribution >= 0.6 is 15.9 Å². The van der Waals surface area contributed by atoms with Crippen molar-refractivity contribution >= 4 is 15.9 Å². The molecule has 5 heteroatoms. The molecule has 2 fully saturated rings. The maximum atomic E-state index is 13.8. The van der Waals surface area contributed by atoms with Gasteiger partial charge in [0.05, 0.1) is 4.47 Å². The number of fused-ring (bicyclic) bond motifs is 1. The molecule has 2 unspecified atom stereocenters. The van der Waals surface area contributed by atoms with E-state index in [0.717, 1.165) is 25.2 Å². The molecule has 0 saturated carbocycles. The Labute approximate surface area is 134 Å². The second-order valence-corrected chi connectivity index (χ2v) is 6.96. The van der Waals surface area contributed by atoms with Crippen molar-refractivity contribution in [3.8, 4) is 0 Å². The molecule has 21 heavy (non-hydrogen) atoms. The number of hydrogen-bond acceptors (Lipinski definition) is 3. The van der Waals surface area contributed by atoms with E-state index in [-0.39, 0.29) is 11.9 Å². The molecule has 1 aromatic rings. The fourth-order valence-electron chi connectivity index (χ4n) is 3.68. The molecule has 0 aromatic heterocycles. The molecule has 2 aliphatic heterocycles. The van der Waals surface area contributed by atoms with Gasteiger partial charge in [0.25, 0.3) is 0 Å². The maximum Gasteiger partial charge on any atom is 0.137 e. The lowest BCUT2D eigenvalue weighted by Crippen LogP contribution is -2.56. The molecule has 2 saturated heterocycles. The first-order valence-electron chi connectivity index (χ1n) is 7.82. The van der Waals surface area contributed by atoms with E-state index < -0.39 is 0 Å². The van der Waals surface area contributed by atoms with Gasteiger partial charge < -0.3 is 5.73 Å². The summed E-state index contributed by atoms with van der Waals surface area (Å²) in [7, 11) is 0. The van der Waals surface area contributed by atoms with Crippen molar-refractivity contribution in [3.05, 3.63) is 34.1 Å². The first kappa shape index (κ1) is 15.4. The fourth-order valence-corrected chi connectivity index (χ4v) is 3.93. The third-order valence-electron chi connectivity index (χ3n) is 4.86. The molecule has 116 valence electrons. The van der Waals surface area contributed by atoms with E-state index in [1.54, 1.807) is 12.1 Å². The number of benzene rings is 1. The van der Waals surface area contributed by atoms with Crippen LogP contribution in [0, 0.1) is 5.82 Å². The van der Waals surface area contributed by atoms with Gasteiger partial charge in [0.2, 0.25) is 0 Å². The molecule has 3 nitrogen and oxygen atoms in total. The molecule has 2 aliphatic rings. The monoisotopic (exact) mass is 355 g/mol. The number of nitrogens with zero attached hydrogens (tertiary/aromatic N) is 2. The molecule has 0 bridgehead atoms. The Morgan fingerprint density at radius 3 is 2.90 bits per heavy atom. The molecular formula is C16H23BrFN3. The lowest BCUT2D eigenvalue weighted by atomic mass is 9.97. The Morgan fingerprint density at radius 2 is 2.14 bits per heavy atom. The highest BCUT2D eigenvalue weighted by atomic mass is 79.9. The van der Waals surface area contributed by atoms with Crippen molar-refractivity contribution in [2.24, 2.45) is 5.73 Å². The standard InChI is InChI=1S/C16H23BrFN3/c17-14-5-4-12(9-15(14)18)16(10-19)21-8-7-20-6-2-1-3-13(20)11-21/h4-5,9,13,16H,1-3,6-8,10-11,19H2. The van der Waals surface area contributed by atoms with Crippen LogP contribution in [0.2, 0.25) is 0 Å². The summed E-state index contributed by atoms with van der Waals surface area (Å²) in [6, 6.07) is 6.16. The first-order valence-corrected chi connectivity index (χ1v) is 8.61. The summed E-state index contributed by atoms with van der Waals surface area (Å²) >= 11 is 3.22. The van der Waals surface area contributed by atoms with Gasteiger partial charge in [-0.05, 0) is 53.0 Å². The van der Waals surface area contributed by atoms with E-state index >= 15 is 0 Å². The number of rotatable bonds is 3. The van der Waals surface area contributed by atoms with Gasteiger partial charge >= 0.3 is 0 Å². The van der Waals surface area contributed by atoms with Gasteiger partial charge in [0.15, 0.2) is 0 Å². The first-order chi connectivity index (χ1) is 10.2. The van der Waals surface area contributed by atoms with Crippen LogP contribution in [0.5, 0.6) is 0 Å². The highest BCUT2D eigenvalue weighted by molar-refractivity contribution is 9.10. The number of halogens is 2. The van der Waals surface area contributed by atoms with E-state index in [1.807, 2.05) is 6.07 Å². The highest BCUT2D eigenvalue weighted by Crippen LogP contribution is 2.28. The Morgan fingerprint density at radius 1 is 1.29 bits per heavy atom. The van der Waals surface area contributed by atoms with E-state index in [9.17, 15) is 4.39 Å². The molecule has 0 aliphatic carbocycles. The number of piperazine rings is 1. The second kappa shape index (κ2) is 6.73. The zero-order valence-corrected chi connectivity index (χ0v) is 13.9. The van der Waals surface area contributed by atoms with Crippen LogP contribution in [0.15, 0.2) is 22.7 Å². The van der Waals surface area contributed by atoms with Gasteiger partial charge in [-0.3, -0.25) is 9.80 Å². The third-order valence-corrected chi connectivity index (χ3v) is 5.50. The number of hydrogen-bond donors (Lipinski definition) is 1. The molecule has 3 rings (SSSR count). The van der Waals surface area contributed by atoms with Crippen LogP contribution in [0.4, 0.5) is 4.39 Å². The van der Waals surface area contributed by atoms with Crippen LogP contribution in [0.25, 0.3) is 0 Å². The maximum absolute atomic E-state index is 13.8. The molecular weight excluding hydrogens is 333 g/mol. The third kappa shape index (κ3) is 3.31. The summed E-state index contributed by atoms with van der Waals surface area (Å²) in [6.45, 7) is 4.96. The molecule has 0 spiro atoms. The highest BCUT2D eigenvalue weighted by Gasteiger charge is 2.32. The lowest BCUT2D eigenvalue weighted by molar-refractivity contribution is 0.0285.